The van der Waals surface area contributed by atoms with E-state index >= 15 is 0 Å². The van der Waals surface area contributed by atoms with Crippen molar-refractivity contribution in [3.63, 3.8) is 0 Å². The summed E-state index contributed by atoms with van der Waals surface area (Å²) in [5.41, 5.74) is -6.84. The zero-order valence-electron chi connectivity index (χ0n) is 13.6. The fourth-order valence-electron chi connectivity index (χ4n) is 2.57. The van der Waals surface area contributed by atoms with Crippen LogP contribution >= 0.6 is 0 Å². The van der Waals surface area contributed by atoms with E-state index in [1.807, 2.05) is 0 Å². The number of rotatable bonds is 2. The highest BCUT2D eigenvalue weighted by atomic mass is 19.4. The van der Waals surface area contributed by atoms with Crippen LogP contribution in [0.5, 0.6) is 0 Å². The molecule has 148 valence electrons. The highest BCUT2D eigenvalue weighted by Crippen LogP contribution is 2.43. The molecule has 0 radical (unpaired) electrons. The predicted octanol–water partition coefficient (Wildman–Crippen LogP) is 7.07. The second-order valence-electron chi connectivity index (χ2n) is 5.96. The minimum Gasteiger partial charge on any atom is -0.203 e. The molecule has 0 aliphatic heterocycles. The lowest BCUT2D eigenvalue weighted by Crippen LogP contribution is -2.16. The zero-order chi connectivity index (χ0) is 20.9. The molecule has 27 heavy (non-hydrogen) atoms. The van der Waals surface area contributed by atoms with Crippen LogP contribution in [-0.2, 0) is 12.4 Å². The normalized spacial score (nSPS) is 12.8. The van der Waals surface area contributed by atoms with Gasteiger partial charge in [0.1, 0.15) is 5.56 Å². The van der Waals surface area contributed by atoms with Crippen LogP contribution in [0.1, 0.15) is 36.5 Å². The van der Waals surface area contributed by atoms with Crippen LogP contribution in [0, 0.1) is 23.3 Å². The lowest BCUT2D eigenvalue weighted by atomic mass is 9.89. The Labute approximate surface area is 146 Å². The Morgan fingerprint density at radius 2 is 1.19 bits per heavy atom. The molecule has 2 aromatic carbocycles. The first kappa shape index (κ1) is 21.0. The molecule has 0 aliphatic carbocycles. The van der Waals surface area contributed by atoms with Gasteiger partial charge in [-0.1, -0.05) is 19.9 Å². The second kappa shape index (κ2) is 6.72. The van der Waals surface area contributed by atoms with Crippen LogP contribution in [0.15, 0.2) is 18.2 Å². The molecule has 2 rings (SSSR count). The quantitative estimate of drug-likeness (QED) is 0.371. The molecule has 0 atom stereocenters. The monoisotopic (exact) mass is 404 g/mol. The van der Waals surface area contributed by atoms with Crippen molar-refractivity contribution in [1.29, 1.82) is 0 Å². The summed E-state index contributed by atoms with van der Waals surface area (Å²) in [5, 5.41) is 0. The molecule has 0 aliphatic rings. The average molecular weight is 404 g/mol. The molecule has 0 heterocycles. The standard InChI is InChI=1S/C17H10F10/c1-6(2)8-4-3-7(16(22,23)24)5-9(8)10-12(18)14(20)11(17(25,26)27)15(21)13(10)19/h3-6H,1-2H3. The molecular weight excluding hydrogens is 394 g/mol. The zero-order valence-corrected chi connectivity index (χ0v) is 13.6. The summed E-state index contributed by atoms with van der Waals surface area (Å²) >= 11 is 0. The molecule has 0 unspecified atom stereocenters. The summed E-state index contributed by atoms with van der Waals surface area (Å²) < 4.78 is 133. The van der Waals surface area contributed by atoms with Gasteiger partial charge in [-0.25, -0.2) is 17.6 Å². The molecule has 2 aromatic rings. The molecule has 0 amide bonds. The van der Waals surface area contributed by atoms with Gasteiger partial charge in [0.25, 0.3) is 0 Å². The van der Waals surface area contributed by atoms with Gasteiger partial charge in [-0.05, 0) is 29.2 Å². The van der Waals surface area contributed by atoms with E-state index in [2.05, 4.69) is 0 Å². The molecule has 0 saturated heterocycles. The Hall–Kier alpha value is -2.26. The molecule has 0 N–H and O–H groups in total. The molecule has 0 bridgehead atoms. The van der Waals surface area contributed by atoms with Crippen molar-refractivity contribution >= 4 is 0 Å². The third kappa shape index (κ3) is 3.74. The molecule has 0 saturated carbocycles. The lowest BCUT2D eigenvalue weighted by molar-refractivity contribution is -0.143. The van der Waals surface area contributed by atoms with E-state index in [9.17, 15) is 43.9 Å². The van der Waals surface area contributed by atoms with E-state index in [1.165, 1.54) is 13.8 Å². The van der Waals surface area contributed by atoms with Crippen LogP contribution in [0.2, 0.25) is 0 Å². The Balaban J connectivity index is 2.94. The van der Waals surface area contributed by atoms with Gasteiger partial charge in [0.15, 0.2) is 23.3 Å². The van der Waals surface area contributed by atoms with Crippen LogP contribution in [0.4, 0.5) is 43.9 Å². The van der Waals surface area contributed by atoms with Crippen molar-refractivity contribution in [2.24, 2.45) is 0 Å². The Bertz CT molecular complexity index is 846. The van der Waals surface area contributed by atoms with Crippen LogP contribution in [0.3, 0.4) is 0 Å². The van der Waals surface area contributed by atoms with Gasteiger partial charge in [-0.2, -0.15) is 26.3 Å². The minimum atomic E-state index is -5.75. The van der Waals surface area contributed by atoms with E-state index < -0.39 is 63.8 Å². The number of hydrogen-bond acceptors (Lipinski definition) is 0. The van der Waals surface area contributed by atoms with Crippen molar-refractivity contribution < 1.29 is 43.9 Å². The largest absolute Gasteiger partial charge is 0.422 e. The minimum absolute atomic E-state index is 0.139. The maximum absolute atomic E-state index is 14.2. The van der Waals surface area contributed by atoms with Gasteiger partial charge in [-0.3, -0.25) is 0 Å². The number of halogens is 10. The fourth-order valence-corrected chi connectivity index (χ4v) is 2.57. The van der Waals surface area contributed by atoms with E-state index in [-0.39, 0.29) is 11.6 Å². The smallest absolute Gasteiger partial charge is 0.203 e. The first-order chi connectivity index (χ1) is 12.2. The topological polar surface area (TPSA) is 0 Å². The average Bonchev–Trinajstić information content (AvgIpc) is 2.51. The molecule has 0 aromatic heterocycles. The fraction of sp³-hybridized carbons (Fsp3) is 0.294. The summed E-state index contributed by atoms with van der Waals surface area (Å²) in [6.07, 6.45) is -10.7. The van der Waals surface area contributed by atoms with Crippen LogP contribution in [0.25, 0.3) is 11.1 Å². The van der Waals surface area contributed by atoms with Crippen molar-refractivity contribution in [2.75, 3.05) is 0 Å². The SMILES string of the molecule is CC(C)c1ccc(C(F)(F)F)cc1-c1c(F)c(F)c(C(F)(F)F)c(F)c1F. The van der Waals surface area contributed by atoms with E-state index in [4.69, 9.17) is 0 Å². The van der Waals surface area contributed by atoms with Gasteiger partial charge in [0.2, 0.25) is 0 Å². The molecule has 0 spiro atoms. The molecule has 0 fully saturated rings. The molecule has 0 nitrogen and oxygen atoms in total. The van der Waals surface area contributed by atoms with Gasteiger partial charge in [-0.15, -0.1) is 0 Å². The molecule has 10 heteroatoms. The first-order valence-corrected chi connectivity index (χ1v) is 7.32. The van der Waals surface area contributed by atoms with Gasteiger partial charge < -0.3 is 0 Å². The maximum Gasteiger partial charge on any atom is 0.422 e. The Morgan fingerprint density at radius 3 is 1.56 bits per heavy atom. The predicted molar refractivity (Wildman–Crippen MR) is 75.8 cm³/mol. The van der Waals surface area contributed by atoms with E-state index in [0.717, 1.165) is 6.07 Å². The summed E-state index contributed by atoms with van der Waals surface area (Å²) in [4.78, 5) is 0. The highest BCUT2D eigenvalue weighted by Gasteiger charge is 2.43. The summed E-state index contributed by atoms with van der Waals surface area (Å²) in [7, 11) is 0. The van der Waals surface area contributed by atoms with Crippen molar-refractivity contribution in [2.45, 2.75) is 32.1 Å². The maximum atomic E-state index is 14.2. The van der Waals surface area contributed by atoms with Crippen molar-refractivity contribution in [3.8, 4) is 11.1 Å². The van der Waals surface area contributed by atoms with E-state index in [1.54, 1.807) is 0 Å². The van der Waals surface area contributed by atoms with Gasteiger partial charge in [0, 0.05) is 0 Å². The summed E-state index contributed by atoms with van der Waals surface area (Å²) in [5.74, 6) is -11.0. The van der Waals surface area contributed by atoms with Crippen molar-refractivity contribution in [1.82, 2.24) is 0 Å². The van der Waals surface area contributed by atoms with Crippen LogP contribution < -0.4 is 0 Å². The first-order valence-electron chi connectivity index (χ1n) is 7.32. The van der Waals surface area contributed by atoms with E-state index in [0.29, 0.717) is 6.07 Å². The summed E-state index contributed by atoms with van der Waals surface area (Å²) in [6, 6.07) is 1.67. The number of alkyl halides is 6. The Morgan fingerprint density at radius 1 is 0.704 bits per heavy atom. The van der Waals surface area contributed by atoms with Crippen LogP contribution in [-0.4, -0.2) is 0 Å². The van der Waals surface area contributed by atoms with Gasteiger partial charge >= 0.3 is 12.4 Å². The highest BCUT2D eigenvalue weighted by molar-refractivity contribution is 5.71. The number of hydrogen-bond donors (Lipinski definition) is 0. The number of benzene rings is 2. The second-order valence-corrected chi connectivity index (χ2v) is 5.96. The summed E-state index contributed by atoms with van der Waals surface area (Å²) in [6.45, 7) is 2.83. The van der Waals surface area contributed by atoms with Gasteiger partial charge in [0.05, 0.1) is 11.1 Å². The Kier molecular flexibility index (Phi) is 5.24. The van der Waals surface area contributed by atoms with Crippen molar-refractivity contribution in [3.05, 3.63) is 58.2 Å². The lowest BCUT2D eigenvalue weighted by Gasteiger charge is -2.19. The third-order valence-electron chi connectivity index (χ3n) is 3.82. The third-order valence-corrected chi connectivity index (χ3v) is 3.82. The molecular formula is C17H10F10.